The summed E-state index contributed by atoms with van der Waals surface area (Å²) < 4.78 is 0. The number of aliphatic hydroxyl groups excluding tert-OH is 1. The minimum absolute atomic E-state index is 0.342. The SMILES string of the molecule is C[C@@H](c1ccccc1)N(C)CC[C@H](O)c1cccs1. The summed E-state index contributed by atoms with van der Waals surface area (Å²) in [6.07, 6.45) is 0.430. The molecule has 1 N–H and O–H groups in total. The van der Waals surface area contributed by atoms with E-state index in [1.54, 1.807) is 11.3 Å². The van der Waals surface area contributed by atoms with Crippen LogP contribution in [0, 0.1) is 0 Å². The van der Waals surface area contributed by atoms with Gasteiger partial charge in [0.1, 0.15) is 0 Å². The van der Waals surface area contributed by atoms with Crippen LogP contribution in [0.5, 0.6) is 0 Å². The minimum Gasteiger partial charge on any atom is -0.388 e. The maximum atomic E-state index is 10.1. The van der Waals surface area contributed by atoms with Crippen LogP contribution in [0.2, 0.25) is 0 Å². The molecule has 0 aliphatic rings. The molecule has 1 aromatic carbocycles. The van der Waals surface area contributed by atoms with Crippen molar-refractivity contribution in [2.75, 3.05) is 13.6 Å². The third-order valence-corrected chi connectivity index (χ3v) is 4.54. The lowest BCUT2D eigenvalue weighted by molar-refractivity contribution is 0.142. The summed E-state index contributed by atoms with van der Waals surface area (Å²) in [6.45, 7) is 3.09. The Labute approximate surface area is 119 Å². The highest BCUT2D eigenvalue weighted by molar-refractivity contribution is 7.10. The van der Waals surface area contributed by atoms with E-state index < -0.39 is 0 Å². The van der Waals surface area contributed by atoms with Gasteiger partial charge in [0, 0.05) is 17.5 Å². The second-order valence-corrected chi connectivity index (χ2v) is 5.87. The molecule has 102 valence electrons. The van der Waals surface area contributed by atoms with E-state index in [0.29, 0.717) is 6.04 Å². The van der Waals surface area contributed by atoms with Gasteiger partial charge in [0.15, 0.2) is 0 Å². The number of benzene rings is 1. The van der Waals surface area contributed by atoms with Crippen molar-refractivity contribution in [2.24, 2.45) is 0 Å². The third kappa shape index (κ3) is 3.90. The van der Waals surface area contributed by atoms with Gasteiger partial charge in [-0.15, -0.1) is 11.3 Å². The summed E-state index contributed by atoms with van der Waals surface area (Å²) >= 11 is 1.62. The fraction of sp³-hybridized carbons (Fsp3) is 0.375. The summed E-state index contributed by atoms with van der Waals surface area (Å²) in [5.74, 6) is 0. The van der Waals surface area contributed by atoms with E-state index in [1.165, 1.54) is 5.56 Å². The van der Waals surface area contributed by atoms with Gasteiger partial charge in [-0.05, 0) is 37.4 Å². The van der Waals surface area contributed by atoms with Gasteiger partial charge in [0.2, 0.25) is 0 Å². The highest BCUT2D eigenvalue weighted by Gasteiger charge is 2.14. The maximum Gasteiger partial charge on any atom is 0.0894 e. The van der Waals surface area contributed by atoms with Crippen LogP contribution in [0.3, 0.4) is 0 Å². The largest absolute Gasteiger partial charge is 0.388 e. The van der Waals surface area contributed by atoms with Crippen LogP contribution >= 0.6 is 11.3 Å². The molecule has 0 amide bonds. The lowest BCUT2D eigenvalue weighted by atomic mass is 10.1. The zero-order chi connectivity index (χ0) is 13.7. The fourth-order valence-corrected chi connectivity index (χ4v) is 2.88. The second-order valence-electron chi connectivity index (χ2n) is 4.89. The average molecular weight is 275 g/mol. The average Bonchev–Trinajstić information content (AvgIpc) is 2.98. The summed E-state index contributed by atoms with van der Waals surface area (Å²) in [7, 11) is 2.11. The first-order valence-electron chi connectivity index (χ1n) is 6.65. The van der Waals surface area contributed by atoms with Gasteiger partial charge < -0.3 is 5.11 Å². The Kier molecular flexibility index (Phi) is 5.14. The van der Waals surface area contributed by atoms with Crippen molar-refractivity contribution in [1.29, 1.82) is 0 Å². The molecule has 1 aromatic heterocycles. The number of nitrogens with zero attached hydrogens (tertiary/aromatic N) is 1. The smallest absolute Gasteiger partial charge is 0.0894 e. The van der Waals surface area contributed by atoms with E-state index in [9.17, 15) is 5.11 Å². The predicted octanol–water partition coefficient (Wildman–Crippen LogP) is 3.86. The van der Waals surface area contributed by atoms with Crippen molar-refractivity contribution < 1.29 is 5.11 Å². The molecular weight excluding hydrogens is 254 g/mol. The number of aliphatic hydroxyl groups is 1. The summed E-state index contributed by atoms with van der Waals surface area (Å²) in [4.78, 5) is 3.34. The topological polar surface area (TPSA) is 23.5 Å². The molecule has 3 heteroatoms. The molecule has 0 saturated heterocycles. The number of hydrogen-bond acceptors (Lipinski definition) is 3. The third-order valence-electron chi connectivity index (χ3n) is 3.57. The van der Waals surface area contributed by atoms with Gasteiger partial charge in [-0.1, -0.05) is 36.4 Å². The Morgan fingerprint density at radius 2 is 1.89 bits per heavy atom. The van der Waals surface area contributed by atoms with E-state index >= 15 is 0 Å². The van der Waals surface area contributed by atoms with Crippen molar-refractivity contribution in [2.45, 2.75) is 25.5 Å². The second kappa shape index (κ2) is 6.85. The molecule has 1 heterocycles. The molecule has 0 saturated carbocycles. The van der Waals surface area contributed by atoms with Gasteiger partial charge in [0.05, 0.1) is 6.10 Å². The van der Waals surface area contributed by atoms with Crippen molar-refractivity contribution in [3.63, 3.8) is 0 Å². The van der Waals surface area contributed by atoms with E-state index in [1.807, 2.05) is 23.6 Å². The molecule has 2 aromatic rings. The molecule has 0 bridgehead atoms. The first-order valence-corrected chi connectivity index (χ1v) is 7.53. The highest BCUT2D eigenvalue weighted by Crippen LogP contribution is 2.24. The standard InChI is InChI=1S/C16H21NOS/c1-13(14-7-4-3-5-8-14)17(2)11-10-15(18)16-9-6-12-19-16/h3-9,12-13,15,18H,10-11H2,1-2H3/t13-,15-/m0/s1. The molecule has 2 nitrogen and oxygen atoms in total. The summed E-state index contributed by atoms with van der Waals surface area (Å²) in [5.41, 5.74) is 1.32. The molecule has 0 radical (unpaired) electrons. The Bertz CT molecular complexity index is 469. The quantitative estimate of drug-likeness (QED) is 0.865. The van der Waals surface area contributed by atoms with E-state index in [0.717, 1.165) is 17.8 Å². The molecule has 2 atom stereocenters. The first-order chi connectivity index (χ1) is 9.18. The monoisotopic (exact) mass is 275 g/mol. The lowest BCUT2D eigenvalue weighted by Crippen LogP contribution is -2.24. The molecule has 19 heavy (non-hydrogen) atoms. The fourth-order valence-electron chi connectivity index (χ4n) is 2.13. The van der Waals surface area contributed by atoms with Crippen molar-refractivity contribution in [1.82, 2.24) is 4.90 Å². The predicted molar refractivity (Wildman–Crippen MR) is 81.4 cm³/mol. The molecule has 0 spiro atoms. The Morgan fingerprint density at radius 3 is 2.53 bits per heavy atom. The molecule has 0 aliphatic carbocycles. The number of hydrogen-bond donors (Lipinski definition) is 1. The van der Waals surface area contributed by atoms with E-state index in [-0.39, 0.29) is 6.10 Å². The Morgan fingerprint density at radius 1 is 1.16 bits per heavy atom. The van der Waals surface area contributed by atoms with Crippen LogP contribution in [0.4, 0.5) is 0 Å². The molecule has 0 fully saturated rings. The summed E-state index contributed by atoms with van der Waals surface area (Å²) in [5, 5.41) is 12.1. The molecule has 0 unspecified atom stereocenters. The van der Waals surface area contributed by atoms with Crippen LogP contribution < -0.4 is 0 Å². The van der Waals surface area contributed by atoms with Crippen LogP contribution in [-0.4, -0.2) is 23.6 Å². The van der Waals surface area contributed by atoms with Gasteiger partial charge in [-0.25, -0.2) is 0 Å². The van der Waals surface area contributed by atoms with Crippen LogP contribution in [0.25, 0.3) is 0 Å². The van der Waals surface area contributed by atoms with Crippen molar-refractivity contribution in [3.8, 4) is 0 Å². The molecular formula is C16H21NOS. The van der Waals surface area contributed by atoms with Gasteiger partial charge in [0.25, 0.3) is 0 Å². The van der Waals surface area contributed by atoms with E-state index in [2.05, 4.69) is 43.1 Å². The first kappa shape index (κ1) is 14.3. The van der Waals surface area contributed by atoms with Crippen LogP contribution in [-0.2, 0) is 0 Å². The zero-order valence-electron chi connectivity index (χ0n) is 11.5. The van der Waals surface area contributed by atoms with Crippen molar-refractivity contribution >= 4 is 11.3 Å². The Hall–Kier alpha value is -1.16. The number of rotatable bonds is 6. The summed E-state index contributed by atoms with van der Waals surface area (Å²) in [6, 6.07) is 14.8. The van der Waals surface area contributed by atoms with Crippen molar-refractivity contribution in [3.05, 3.63) is 58.3 Å². The van der Waals surface area contributed by atoms with Gasteiger partial charge in [-0.3, -0.25) is 4.90 Å². The normalized spacial score (nSPS) is 14.5. The van der Waals surface area contributed by atoms with E-state index in [4.69, 9.17) is 0 Å². The number of thiophene rings is 1. The zero-order valence-corrected chi connectivity index (χ0v) is 12.3. The van der Waals surface area contributed by atoms with Crippen LogP contribution in [0.15, 0.2) is 47.8 Å². The lowest BCUT2D eigenvalue weighted by Gasteiger charge is -2.25. The van der Waals surface area contributed by atoms with Gasteiger partial charge in [-0.2, -0.15) is 0 Å². The highest BCUT2D eigenvalue weighted by atomic mass is 32.1. The van der Waals surface area contributed by atoms with Gasteiger partial charge >= 0.3 is 0 Å². The minimum atomic E-state index is -0.342. The molecule has 2 rings (SSSR count). The Balaban J connectivity index is 1.86. The maximum absolute atomic E-state index is 10.1. The molecule has 0 aliphatic heterocycles. The van der Waals surface area contributed by atoms with Crippen LogP contribution in [0.1, 0.15) is 35.9 Å².